The number of hydrogen-bond acceptors (Lipinski definition) is 4. The zero-order chi connectivity index (χ0) is 14.3. The summed E-state index contributed by atoms with van der Waals surface area (Å²) < 4.78 is 17.2. The molecule has 0 saturated carbocycles. The topological polar surface area (TPSA) is 39.7 Å². The summed E-state index contributed by atoms with van der Waals surface area (Å²) in [5, 5.41) is 3.33. The van der Waals surface area contributed by atoms with Crippen molar-refractivity contribution in [2.24, 2.45) is 0 Å². The lowest BCUT2D eigenvalue weighted by Gasteiger charge is -2.26. The van der Waals surface area contributed by atoms with Crippen LogP contribution in [0.2, 0.25) is 0 Å². The predicted molar refractivity (Wildman–Crippen MR) is 81.2 cm³/mol. The molecule has 0 amide bonds. The Morgan fingerprint density at radius 2 is 1.76 bits per heavy atom. The van der Waals surface area contributed by atoms with E-state index in [1.807, 2.05) is 54.6 Å². The van der Waals surface area contributed by atoms with E-state index in [0.717, 1.165) is 30.3 Å². The van der Waals surface area contributed by atoms with Crippen LogP contribution in [0.5, 0.6) is 17.2 Å². The molecule has 1 atom stereocenters. The number of para-hydroxylation sites is 3. The van der Waals surface area contributed by atoms with E-state index >= 15 is 0 Å². The van der Waals surface area contributed by atoms with Gasteiger partial charge in [0.15, 0.2) is 11.5 Å². The maximum absolute atomic E-state index is 5.87. The van der Waals surface area contributed by atoms with Crippen LogP contribution in [0.1, 0.15) is 0 Å². The fourth-order valence-electron chi connectivity index (χ4n) is 2.18. The third-order valence-electron chi connectivity index (χ3n) is 3.23. The lowest BCUT2D eigenvalue weighted by atomic mass is 10.2. The molecule has 2 aromatic rings. The molecule has 1 N–H and O–H groups in total. The van der Waals surface area contributed by atoms with Crippen molar-refractivity contribution in [3.63, 3.8) is 0 Å². The minimum absolute atomic E-state index is 0.0385. The van der Waals surface area contributed by atoms with Crippen LogP contribution >= 0.6 is 0 Å². The molecule has 0 spiro atoms. The van der Waals surface area contributed by atoms with E-state index < -0.39 is 0 Å². The van der Waals surface area contributed by atoms with E-state index in [1.165, 1.54) is 0 Å². The highest BCUT2D eigenvalue weighted by Crippen LogP contribution is 2.30. The van der Waals surface area contributed by atoms with Crippen molar-refractivity contribution in [2.45, 2.75) is 6.10 Å². The zero-order valence-electron chi connectivity index (χ0n) is 11.8. The van der Waals surface area contributed by atoms with Gasteiger partial charge in [0.1, 0.15) is 25.1 Å². The Bertz CT molecular complexity index is 559. The van der Waals surface area contributed by atoms with Gasteiger partial charge in [-0.05, 0) is 24.3 Å². The molecule has 110 valence electrons. The second-order valence-electron chi connectivity index (χ2n) is 4.86. The zero-order valence-corrected chi connectivity index (χ0v) is 11.8. The highest BCUT2D eigenvalue weighted by Gasteiger charge is 2.19. The maximum Gasteiger partial charge on any atom is 0.161 e. The quantitative estimate of drug-likeness (QED) is 0.828. The molecule has 0 radical (unpaired) electrons. The molecule has 0 saturated heterocycles. The van der Waals surface area contributed by atoms with Gasteiger partial charge in [-0.15, -0.1) is 0 Å². The molecule has 21 heavy (non-hydrogen) atoms. The van der Waals surface area contributed by atoms with Crippen LogP contribution in [-0.2, 0) is 0 Å². The van der Waals surface area contributed by atoms with Gasteiger partial charge in [0, 0.05) is 13.1 Å². The summed E-state index contributed by atoms with van der Waals surface area (Å²) >= 11 is 0. The summed E-state index contributed by atoms with van der Waals surface area (Å²) in [5.74, 6) is 2.53. The van der Waals surface area contributed by atoms with Crippen molar-refractivity contribution in [1.82, 2.24) is 5.32 Å². The Hall–Kier alpha value is -2.20. The standard InChI is InChI=1S/C17H19NO3/c1-2-6-14(7-3-1)19-11-10-18-12-15-13-20-16-8-4-5-9-17(16)21-15/h1-9,15,18H,10-13H2/t15-/m0/s1. The number of hydrogen-bond donors (Lipinski definition) is 1. The molecular formula is C17H19NO3. The van der Waals surface area contributed by atoms with Gasteiger partial charge in [0.25, 0.3) is 0 Å². The molecule has 4 nitrogen and oxygen atoms in total. The highest BCUT2D eigenvalue weighted by molar-refractivity contribution is 5.40. The first kappa shape index (κ1) is 13.8. The van der Waals surface area contributed by atoms with Gasteiger partial charge in [-0.25, -0.2) is 0 Å². The average Bonchev–Trinajstić information content (AvgIpc) is 2.55. The summed E-state index contributed by atoms with van der Waals surface area (Å²) in [5.41, 5.74) is 0. The second-order valence-corrected chi connectivity index (χ2v) is 4.86. The van der Waals surface area contributed by atoms with Gasteiger partial charge in [-0.3, -0.25) is 0 Å². The smallest absolute Gasteiger partial charge is 0.161 e. The van der Waals surface area contributed by atoms with Crippen LogP contribution in [0.15, 0.2) is 54.6 Å². The van der Waals surface area contributed by atoms with E-state index in [4.69, 9.17) is 14.2 Å². The third kappa shape index (κ3) is 3.89. The van der Waals surface area contributed by atoms with Crippen molar-refractivity contribution in [1.29, 1.82) is 0 Å². The number of nitrogens with one attached hydrogen (secondary N) is 1. The first-order valence-corrected chi connectivity index (χ1v) is 7.19. The normalized spacial score (nSPS) is 16.5. The van der Waals surface area contributed by atoms with Crippen molar-refractivity contribution < 1.29 is 14.2 Å². The summed E-state index contributed by atoms with van der Waals surface area (Å²) in [6.07, 6.45) is 0.0385. The lowest BCUT2D eigenvalue weighted by Crippen LogP contribution is -2.39. The lowest BCUT2D eigenvalue weighted by molar-refractivity contribution is 0.0897. The Kier molecular flexibility index (Phi) is 4.59. The summed E-state index contributed by atoms with van der Waals surface area (Å²) in [4.78, 5) is 0. The minimum Gasteiger partial charge on any atom is -0.492 e. The first-order valence-electron chi connectivity index (χ1n) is 7.19. The number of fused-ring (bicyclic) bond motifs is 1. The van der Waals surface area contributed by atoms with E-state index in [2.05, 4.69) is 5.32 Å². The molecule has 0 unspecified atom stereocenters. The molecule has 0 bridgehead atoms. The Morgan fingerprint density at radius 3 is 2.62 bits per heavy atom. The molecular weight excluding hydrogens is 266 g/mol. The monoisotopic (exact) mass is 285 g/mol. The molecule has 1 aliphatic heterocycles. The third-order valence-corrected chi connectivity index (χ3v) is 3.23. The Morgan fingerprint density at radius 1 is 1.00 bits per heavy atom. The first-order chi connectivity index (χ1) is 10.4. The highest BCUT2D eigenvalue weighted by atomic mass is 16.6. The van der Waals surface area contributed by atoms with E-state index in [9.17, 15) is 0 Å². The van der Waals surface area contributed by atoms with E-state index in [-0.39, 0.29) is 6.10 Å². The van der Waals surface area contributed by atoms with Crippen molar-refractivity contribution in [3.05, 3.63) is 54.6 Å². The molecule has 0 aliphatic carbocycles. The van der Waals surface area contributed by atoms with Crippen LogP contribution in [0.25, 0.3) is 0 Å². The van der Waals surface area contributed by atoms with Gasteiger partial charge >= 0.3 is 0 Å². The molecule has 4 heteroatoms. The van der Waals surface area contributed by atoms with Crippen molar-refractivity contribution in [3.8, 4) is 17.2 Å². The molecule has 0 aromatic heterocycles. The molecule has 0 fully saturated rings. The SMILES string of the molecule is c1ccc(OCCNC[C@H]2COc3ccccc3O2)cc1. The minimum atomic E-state index is 0.0385. The predicted octanol–water partition coefficient (Wildman–Crippen LogP) is 2.50. The fraction of sp³-hybridized carbons (Fsp3) is 0.294. The van der Waals surface area contributed by atoms with Crippen LogP contribution in [-0.4, -0.2) is 32.4 Å². The van der Waals surface area contributed by atoms with Gasteiger partial charge in [-0.1, -0.05) is 30.3 Å². The molecule has 2 aromatic carbocycles. The second kappa shape index (κ2) is 6.99. The van der Waals surface area contributed by atoms with Gasteiger partial charge < -0.3 is 19.5 Å². The van der Waals surface area contributed by atoms with Crippen LogP contribution in [0.4, 0.5) is 0 Å². The van der Waals surface area contributed by atoms with Crippen LogP contribution in [0, 0.1) is 0 Å². The summed E-state index contributed by atoms with van der Waals surface area (Å²) in [6, 6.07) is 17.6. The van der Waals surface area contributed by atoms with E-state index in [1.54, 1.807) is 0 Å². The van der Waals surface area contributed by atoms with Gasteiger partial charge in [0.2, 0.25) is 0 Å². The number of benzene rings is 2. The van der Waals surface area contributed by atoms with E-state index in [0.29, 0.717) is 13.2 Å². The largest absolute Gasteiger partial charge is 0.492 e. The van der Waals surface area contributed by atoms with Gasteiger partial charge in [0.05, 0.1) is 0 Å². The Labute approximate surface area is 124 Å². The van der Waals surface area contributed by atoms with Crippen LogP contribution in [0.3, 0.4) is 0 Å². The van der Waals surface area contributed by atoms with Gasteiger partial charge in [-0.2, -0.15) is 0 Å². The number of rotatable bonds is 6. The summed E-state index contributed by atoms with van der Waals surface area (Å²) in [7, 11) is 0. The number of ether oxygens (including phenoxy) is 3. The summed E-state index contributed by atoms with van der Waals surface area (Å²) in [6.45, 7) is 2.72. The fourth-order valence-corrected chi connectivity index (χ4v) is 2.18. The van der Waals surface area contributed by atoms with Crippen LogP contribution < -0.4 is 19.5 Å². The van der Waals surface area contributed by atoms with Crippen molar-refractivity contribution >= 4 is 0 Å². The van der Waals surface area contributed by atoms with Crippen molar-refractivity contribution in [2.75, 3.05) is 26.3 Å². The Balaban J connectivity index is 1.35. The molecule has 3 rings (SSSR count). The molecule has 1 heterocycles. The molecule has 1 aliphatic rings. The maximum atomic E-state index is 5.87. The average molecular weight is 285 g/mol.